The maximum absolute atomic E-state index is 12.8. The van der Waals surface area contributed by atoms with Crippen LogP contribution >= 0.6 is 11.3 Å². The number of imide groups is 1. The summed E-state index contributed by atoms with van der Waals surface area (Å²) in [5.41, 5.74) is 0.253. The Morgan fingerprint density at radius 2 is 1.90 bits per heavy atom. The number of rotatable bonds is 5. The molecule has 2 heterocycles. The minimum absolute atomic E-state index is 0.0993. The molecule has 2 fully saturated rings. The third-order valence-electron chi connectivity index (χ3n) is 5.64. The second-order valence-electron chi connectivity index (χ2n) is 7.55. The Hall–Kier alpha value is -3.07. The molecule has 0 unspecified atom stereocenters. The van der Waals surface area contributed by atoms with Crippen molar-refractivity contribution in [2.75, 3.05) is 19.0 Å². The van der Waals surface area contributed by atoms with Crippen molar-refractivity contribution in [3.8, 4) is 10.4 Å². The third kappa shape index (κ3) is 3.60. The SMILES string of the molecule is COC(=O)c1nc(NC(=O)CN2C(=O)CC3(CCCC3)C2=O)sc1-c1ccccc1. The zero-order valence-corrected chi connectivity index (χ0v) is 17.3. The van der Waals surface area contributed by atoms with E-state index in [0.717, 1.165) is 34.6 Å². The summed E-state index contributed by atoms with van der Waals surface area (Å²) in [5, 5.41) is 2.82. The van der Waals surface area contributed by atoms with E-state index in [9.17, 15) is 19.2 Å². The van der Waals surface area contributed by atoms with Crippen LogP contribution in [-0.2, 0) is 19.1 Å². The monoisotopic (exact) mass is 427 g/mol. The first-order valence-corrected chi connectivity index (χ1v) is 10.5. The van der Waals surface area contributed by atoms with Crippen molar-refractivity contribution in [1.29, 1.82) is 0 Å². The van der Waals surface area contributed by atoms with Gasteiger partial charge in [-0.25, -0.2) is 9.78 Å². The maximum Gasteiger partial charge on any atom is 0.358 e. The Bertz CT molecular complexity index is 1010. The average Bonchev–Trinajstić information content (AvgIpc) is 3.44. The highest BCUT2D eigenvalue weighted by molar-refractivity contribution is 7.19. The molecule has 1 aliphatic heterocycles. The van der Waals surface area contributed by atoms with E-state index in [1.807, 2.05) is 30.3 Å². The van der Waals surface area contributed by atoms with Gasteiger partial charge in [0.15, 0.2) is 10.8 Å². The Morgan fingerprint density at radius 3 is 2.57 bits per heavy atom. The normalized spacial score (nSPS) is 17.6. The molecule has 8 nitrogen and oxygen atoms in total. The van der Waals surface area contributed by atoms with Gasteiger partial charge < -0.3 is 10.1 Å². The van der Waals surface area contributed by atoms with Crippen LogP contribution in [0.2, 0.25) is 0 Å². The van der Waals surface area contributed by atoms with Crippen LogP contribution in [0.15, 0.2) is 30.3 Å². The quantitative estimate of drug-likeness (QED) is 0.581. The van der Waals surface area contributed by atoms with E-state index in [0.29, 0.717) is 17.7 Å². The topological polar surface area (TPSA) is 106 Å². The third-order valence-corrected chi connectivity index (χ3v) is 6.66. The van der Waals surface area contributed by atoms with Gasteiger partial charge in [0, 0.05) is 6.42 Å². The summed E-state index contributed by atoms with van der Waals surface area (Å²) in [5.74, 6) is -1.70. The van der Waals surface area contributed by atoms with Gasteiger partial charge in [0.05, 0.1) is 17.4 Å². The fourth-order valence-corrected chi connectivity index (χ4v) is 5.13. The summed E-state index contributed by atoms with van der Waals surface area (Å²) in [6.07, 6.45) is 3.44. The van der Waals surface area contributed by atoms with E-state index in [2.05, 4.69) is 10.3 Å². The second-order valence-corrected chi connectivity index (χ2v) is 8.55. The van der Waals surface area contributed by atoms with Crippen molar-refractivity contribution in [3.05, 3.63) is 36.0 Å². The first-order valence-electron chi connectivity index (χ1n) is 9.73. The maximum atomic E-state index is 12.8. The molecule has 30 heavy (non-hydrogen) atoms. The van der Waals surface area contributed by atoms with Gasteiger partial charge in [-0.2, -0.15) is 0 Å². The van der Waals surface area contributed by atoms with Crippen LogP contribution in [-0.4, -0.2) is 47.2 Å². The fourth-order valence-electron chi connectivity index (χ4n) is 4.16. The molecule has 1 saturated heterocycles. The molecule has 0 radical (unpaired) electrons. The van der Waals surface area contributed by atoms with Crippen molar-refractivity contribution in [1.82, 2.24) is 9.88 Å². The molecule has 1 aromatic carbocycles. The van der Waals surface area contributed by atoms with Crippen molar-refractivity contribution in [2.45, 2.75) is 32.1 Å². The molecule has 156 valence electrons. The van der Waals surface area contributed by atoms with Gasteiger partial charge in [0.2, 0.25) is 17.7 Å². The first-order chi connectivity index (χ1) is 14.4. The lowest BCUT2D eigenvalue weighted by atomic mass is 9.84. The number of hydrogen-bond acceptors (Lipinski definition) is 7. The van der Waals surface area contributed by atoms with Crippen molar-refractivity contribution in [3.63, 3.8) is 0 Å². The number of amides is 3. The molecular weight excluding hydrogens is 406 g/mol. The van der Waals surface area contributed by atoms with E-state index in [4.69, 9.17) is 4.74 Å². The predicted molar refractivity (Wildman–Crippen MR) is 110 cm³/mol. The molecule has 3 amide bonds. The van der Waals surface area contributed by atoms with Gasteiger partial charge in [-0.15, -0.1) is 0 Å². The number of nitrogens with one attached hydrogen (secondary N) is 1. The zero-order valence-electron chi connectivity index (χ0n) is 16.5. The Kier molecular flexibility index (Phi) is 5.38. The smallest absolute Gasteiger partial charge is 0.358 e. The molecule has 1 aromatic heterocycles. The van der Waals surface area contributed by atoms with Crippen LogP contribution in [0, 0.1) is 5.41 Å². The van der Waals surface area contributed by atoms with Gasteiger partial charge in [-0.1, -0.05) is 54.5 Å². The van der Waals surface area contributed by atoms with E-state index >= 15 is 0 Å². The summed E-state index contributed by atoms with van der Waals surface area (Å²) in [6.45, 7) is -0.354. The number of hydrogen-bond donors (Lipinski definition) is 1. The van der Waals surface area contributed by atoms with Crippen LogP contribution in [0.4, 0.5) is 5.13 Å². The number of nitrogens with zero attached hydrogens (tertiary/aromatic N) is 2. The zero-order chi connectivity index (χ0) is 21.3. The molecule has 0 bridgehead atoms. The summed E-state index contributed by atoms with van der Waals surface area (Å²) >= 11 is 1.13. The molecule has 2 aliphatic rings. The minimum atomic E-state index is -0.614. The number of esters is 1. The molecular formula is C21H21N3O5S. The lowest BCUT2D eigenvalue weighted by Crippen LogP contribution is -2.39. The number of carbonyl (C=O) groups is 4. The molecule has 1 aliphatic carbocycles. The van der Waals surface area contributed by atoms with E-state index in [1.54, 1.807) is 0 Å². The average molecular weight is 427 g/mol. The van der Waals surface area contributed by atoms with Gasteiger partial charge >= 0.3 is 5.97 Å². The standard InChI is InChI=1S/C21H21N3O5S/c1-29-18(27)16-17(13-7-3-2-4-8-13)30-20(23-16)22-14(25)12-24-15(26)11-21(19(24)28)9-5-6-10-21/h2-4,7-8H,5-6,9-12H2,1H3,(H,22,23,25). The molecule has 9 heteroatoms. The second kappa shape index (κ2) is 7.98. The van der Waals surface area contributed by atoms with Crippen LogP contribution in [0.3, 0.4) is 0 Å². The van der Waals surface area contributed by atoms with Gasteiger partial charge in [0.1, 0.15) is 6.54 Å². The Labute approximate surface area is 177 Å². The minimum Gasteiger partial charge on any atom is -0.464 e. The van der Waals surface area contributed by atoms with Crippen molar-refractivity contribution < 1.29 is 23.9 Å². The van der Waals surface area contributed by atoms with Crippen LogP contribution in [0.1, 0.15) is 42.6 Å². The summed E-state index contributed by atoms with van der Waals surface area (Å²) < 4.78 is 4.80. The van der Waals surface area contributed by atoms with Gasteiger partial charge in [-0.05, 0) is 18.4 Å². The van der Waals surface area contributed by atoms with Crippen molar-refractivity contribution in [2.24, 2.45) is 5.41 Å². The number of methoxy groups -OCH3 is 1. The Balaban J connectivity index is 1.51. The summed E-state index contributed by atoms with van der Waals surface area (Å²) in [7, 11) is 1.26. The molecule has 1 saturated carbocycles. The highest BCUT2D eigenvalue weighted by Crippen LogP contribution is 2.46. The molecule has 2 aromatic rings. The summed E-state index contributed by atoms with van der Waals surface area (Å²) in [6, 6.07) is 9.17. The van der Waals surface area contributed by atoms with E-state index in [-0.39, 0.29) is 35.6 Å². The fraction of sp³-hybridized carbons (Fsp3) is 0.381. The lowest BCUT2D eigenvalue weighted by Gasteiger charge is -2.20. The van der Waals surface area contributed by atoms with Gasteiger partial charge in [-0.3, -0.25) is 19.3 Å². The molecule has 0 atom stereocenters. The summed E-state index contributed by atoms with van der Waals surface area (Å²) in [4.78, 5) is 55.6. The highest BCUT2D eigenvalue weighted by atomic mass is 32.1. The first kappa shape index (κ1) is 20.2. The van der Waals surface area contributed by atoms with E-state index in [1.165, 1.54) is 7.11 Å². The number of thiazole rings is 1. The molecule has 1 N–H and O–H groups in total. The largest absolute Gasteiger partial charge is 0.464 e. The molecule has 4 rings (SSSR count). The number of benzene rings is 1. The molecule has 1 spiro atoms. The Morgan fingerprint density at radius 1 is 1.20 bits per heavy atom. The van der Waals surface area contributed by atoms with Crippen molar-refractivity contribution >= 4 is 40.2 Å². The van der Waals surface area contributed by atoms with Gasteiger partial charge in [0.25, 0.3) is 0 Å². The number of carbonyl (C=O) groups excluding carboxylic acids is 4. The lowest BCUT2D eigenvalue weighted by molar-refractivity contribution is -0.143. The number of anilines is 1. The van der Waals surface area contributed by atoms with Crippen LogP contribution < -0.4 is 5.32 Å². The van der Waals surface area contributed by atoms with Crippen LogP contribution in [0.25, 0.3) is 10.4 Å². The van der Waals surface area contributed by atoms with Crippen LogP contribution in [0.5, 0.6) is 0 Å². The predicted octanol–water partition coefficient (Wildman–Crippen LogP) is 2.85. The number of ether oxygens (including phenoxy) is 1. The highest BCUT2D eigenvalue weighted by Gasteiger charge is 2.52. The number of likely N-dealkylation sites (tertiary alicyclic amines) is 1. The number of aromatic nitrogens is 1. The van der Waals surface area contributed by atoms with E-state index < -0.39 is 17.3 Å².